The molecule has 1 aromatic carbocycles. The Morgan fingerprint density at radius 3 is 2.58 bits per heavy atom. The van der Waals surface area contributed by atoms with E-state index in [-0.39, 0.29) is 0 Å². The van der Waals surface area contributed by atoms with Gasteiger partial charge in [-0.25, -0.2) is 0 Å². The number of hydrogen-bond acceptors (Lipinski definition) is 3. The van der Waals surface area contributed by atoms with Gasteiger partial charge in [-0.15, -0.1) is 0 Å². The van der Waals surface area contributed by atoms with Gasteiger partial charge in [0.05, 0.1) is 0 Å². The summed E-state index contributed by atoms with van der Waals surface area (Å²) in [5.74, 6) is 0. The van der Waals surface area contributed by atoms with E-state index in [2.05, 4.69) is 28.9 Å². The van der Waals surface area contributed by atoms with E-state index in [0.717, 1.165) is 18.7 Å². The molecule has 3 nitrogen and oxygen atoms in total. The summed E-state index contributed by atoms with van der Waals surface area (Å²) in [6.45, 7) is 3.79. The summed E-state index contributed by atoms with van der Waals surface area (Å²) in [5, 5.41) is 0. The molecule has 2 aromatic rings. The summed E-state index contributed by atoms with van der Waals surface area (Å²) in [5.41, 5.74) is 8.67. The molecule has 2 rings (SSSR count). The minimum absolute atomic E-state index is 0.347. The third kappa shape index (κ3) is 3.29. The van der Waals surface area contributed by atoms with Gasteiger partial charge in [-0.2, -0.15) is 0 Å². The van der Waals surface area contributed by atoms with Crippen molar-refractivity contribution in [1.29, 1.82) is 0 Å². The first kappa shape index (κ1) is 13.5. The van der Waals surface area contributed by atoms with E-state index in [1.54, 1.807) is 6.20 Å². The van der Waals surface area contributed by atoms with Gasteiger partial charge in [0.25, 0.3) is 0 Å². The summed E-state index contributed by atoms with van der Waals surface area (Å²) >= 11 is 5.05. The summed E-state index contributed by atoms with van der Waals surface area (Å²) < 4.78 is 0. The number of benzene rings is 1. The van der Waals surface area contributed by atoms with Crippen LogP contribution in [0.4, 0.5) is 5.69 Å². The average Bonchev–Trinajstić information content (AvgIpc) is 2.46. The van der Waals surface area contributed by atoms with Crippen molar-refractivity contribution in [2.75, 3.05) is 11.4 Å². The maximum atomic E-state index is 5.72. The number of aromatic nitrogens is 1. The van der Waals surface area contributed by atoms with Crippen molar-refractivity contribution in [3.05, 3.63) is 59.9 Å². The molecule has 0 unspecified atom stereocenters. The number of thiocarbonyl (C=S) groups is 1. The van der Waals surface area contributed by atoms with Crippen molar-refractivity contribution >= 4 is 22.9 Å². The molecule has 0 saturated carbocycles. The topological polar surface area (TPSA) is 42.2 Å². The number of rotatable bonds is 5. The Morgan fingerprint density at radius 2 is 1.95 bits per heavy atom. The zero-order chi connectivity index (χ0) is 13.7. The zero-order valence-corrected chi connectivity index (χ0v) is 11.7. The summed E-state index contributed by atoms with van der Waals surface area (Å²) in [7, 11) is 0. The monoisotopic (exact) mass is 271 g/mol. The third-order valence-electron chi connectivity index (χ3n) is 2.99. The first-order chi connectivity index (χ1) is 9.22. The van der Waals surface area contributed by atoms with E-state index in [0.29, 0.717) is 10.7 Å². The van der Waals surface area contributed by atoms with Gasteiger partial charge in [0, 0.05) is 30.5 Å². The Labute approximate surface area is 119 Å². The Hall–Kier alpha value is -1.94. The lowest BCUT2D eigenvalue weighted by atomic mass is 10.1. The van der Waals surface area contributed by atoms with E-state index in [4.69, 9.17) is 18.0 Å². The normalized spacial score (nSPS) is 10.2. The molecule has 0 aliphatic heterocycles. The number of nitrogens with zero attached hydrogens (tertiary/aromatic N) is 2. The fraction of sp³-hybridized carbons (Fsp3) is 0.200. The van der Waals surface area contributed by atoms with Gasteiger partial charge >= 0.3 is 0 Å². The zero-order valence-electron chi connectivity index (χ0n) is 10.9. The minimum Gasteiger partial charge on any atom is -0.388 e. The smallest absolute Gasteiger partial charge is 0.123 e. The molecule has 1 heterocycles. The van der Waals surface area contributed by atoms with E-state index < -0.39 is 0 Å². The standard InChI is InChI=1S/C15H17N3S/c1-2-18(13-8-4-3-5-9-13)11-12-7-6-10-17-14(12)15(16)19/h3-10H,2,11H2,1H3,(H2,16,19). The molecule has 0 radical (unpaired) electrons. The van der Waals surface area contributed by atoms with E-state index >= 15 is 0 Å². The molecule has 2 N–H and O–H groups in total. The van der Waals surface area contributed by atoms with Crippen molar-refractivity contribution < 1.29 is 0 Å². The largest absolute Gasteiger partial charge is 0.388 e. The molecule has 19 heavy (non-hydrogen) atoms. The molecule has 0 bridgehead atoms. The molecule has 0 fully saturated rings. The molecule has 0 amide bonds. The fourth-order valence-electron chi connectivity index (χ4n) is 2.02. The molecule has 4 heteroatoms. The Bertz CT molecular complexity index is 554. The van der Waals surface area contributed by atoms with E-state index in [1.165, 1.54) is 5.69 Å². The van der Waals surface area contributed by atoms with Crippen molar-refractivity contribution in [2.45, 2.75) is 13.5 Å². The quantitative estimate of drug-likeness (QED) is 0.849. The molecule has 0 spiro atoms. The van der Waals surface area contributed by atoms with Crippen LogP contribution in [0.1, 0.15) is 18.2 Å². The SMILES string of the molecule is CCN(Cc1cccnc1C(N)=S)c1ccccc1. The van der Waals surface area contributed by atoms with Crippen molar-refractivity contribution in [3.8, 4) is 0 Å². The van der Waals surface area contributed by atoms with Crippen LogP contribution in [0, 0.1) is 0 Å². The number of nitrogens with two attached hydrogens (primary N) is 1. The Kier molecular flexibility index (Phi) is 4.47. The first-order valence-corrected chi connectivity index (χ1v) is 6.67. The molecule has 0 atom stereocenters. The van der Waals surface area contributed by atoms with Crippen LogP contribution < -0.4 is 10.6 Å². The number of hydrogen-bond donors (Lipinski definition) is 1. The van der Waals surface area contributed by atoms with Crippen LogP contribution in [0.2, 0.25) is 0 Å². The molecule has 1 aromatic heterocycles. The van der Waals surface area contributed by atoms with E-state index in [1.807, 2.05) is 30.3 Å². The van der Waals surface area contributed by atoms with Gasteiger partial charge in [0.2, 0.25) is 0 Å². The predicted octanol–water partition coefficient (Wildman–Crippen LogP) is 2.74. The van der Waals surface area contributed by atoms with Crippen molar-refractivity contribution in [2.24, 2.45) is 5.73 Å². The van der Waals surface area contributed by atoms with Crippen LogP contribution in [-0.4, -0.2) is 16.5 Å². The highest BCUT2D eigenvalue weighted by Crippen LogP contribution is 2.17. The van der Waals surface area contributed by atoms with Gasteiger partial charge < -0.3 is 10.6 Å². The lowest BCUT2D eigenvalue weighted by Crippen LogP contribution is -2.24. The molecule has 0 aliphatic rings. The van der Waals surface area contributed by atoms with Crippen LogP contribution in [0.25, 0.3) is 0 Å². The lowest BCUT2D eigenvalue weighted by molar-refractivity contribution is 0.826. The van der Waals surface area contributed by atoms with Crippen LogP contribution in [0.5, 0.6) is 0 Å². The molecule has 98 valence electrons. The average molecular weight is 271 g/mol. The van der Waals surface area contributed by atoms with Crippen LogP contribution in [0.15, 0.2) is 48.7 Å². The van der Waals surface area contributed by atoms with Crippen LogP contribution in [0.3, 0.4) is 0 Å². The van der Waals surface area contributed by atoms with Gasteiger partial charge in [0.15, 0.2) is 0 Å². The highest BCUT2D eigenvalue weighted by atomic mass is 32.1. The highest BCUT2D eigenvalue weighted by Gasteiger charge is 2.10. The molecule has 0 aliphatic carbocycles. The van der Waals surface area contributed by atoms with E-state index in [9.17, 15) is 0 Å². The maximum absolute atomic E-state index is 5.72. The second-order valence-corrected chi connectivity index (χ2v) is 4.66. The second kappa shape index (κ2) is 6.29. The first-order valence-electron chi connectivity index (χ1n) is 6.26. The Morgan fingerprint density at radius 1 is 1.21 bits per heavy atom. The number of anilines is 1. The maximum Gasteiger partial charge on any atom is 0.123 e. The highest BCUT2D eigenvalue weighted by molar-refractivity contribution is 7.80. The van der Waals surface area contributed by atoms with Gasteiger partial charge in [-0.05, 0) is 25.1 Å². The minimum atomic E-state index is 0.347. The predicted molar refractivity (Wildman–Crippen MR) is 83.3 cm³/mol. The summed E-state index contributed by atoms with van der Waals surface area (Å²) in [6, 6.07) is 14.2. The van der Waals surface area contributed by atoms with Gasteiger partial charge in [0.1, 0.15) is 10.7 Å². The Balaban J connectivity index is 2.27. The summed E-state index contributed by atoms with van der Waals surface area (Å²) in [6.07, 6.45) is 1.72. The molecule has 0 saturated heterocycles. The van der Waals surface area contributed by atoms with Crippen LogP contribution >= 0.6 is 12.2 Å². The van der Waals surface area contributed by atoms with Gasteiger partial charge in [-0.1, -0.05) is 36.5 Å². The van der Waals surface area contributed by atoms with Crippen LogP contribution in [-0.2, 0) is 6.54 Å². The van der Waals surface area contributed by atoms with Gasteiger partial charge in [-0.3, -0.25) is 4.98 Å². The second-order valence-electron chi connectivity index (χ2n) is 4.23. The van der Waals surface area contributed by atoms with Crippen molar-refractivity contribution in [3.63, 3.8) is 0 Å². The fourth-order valence-corrected chi connectivity index (χ4v) is 2.20. The number of pyridine rings is 1. The third-order valence-corrected chi connectivity index (χ3v) is 3.18. The summed E-state index contributed by atoms with van der Waals surface area (Å²) in [4.78, 5) is 6.88. The molecular weight excluding hydrogens is 254 g/mol. The number of para-hydroxylation sites is 1. The van der Waals surface area contributed by atoms with Crippen molar-refractivity contribution in [1.82, 2.24) is 4.98 Å². The lowest BCUT2D eigenvalue weighted by Gasteiger charge is -2.24. The molecular formula is C15H17N3S.